The average molecular weight is 373 g/mol. The van der Waals surface area contributed by atoms with Gasteiger partial charge in [0.2, 0.25) is 5.91 Å². The van der Waals surface area contributed by atoms with Gasteiger partial charge in [-0.25, -0.2) is 4.98 Å². The van der Waals surface area contributed by atoms with Crippen molar-refractivity contribution >= 4 is 17.5 Å². The molecule has 2 aromatic heterocycles. The highest BCUT2D eigenvalue weighted by Crippen LogP contribution is 2.10. The van der Waals surface area contributed by atoms with E-state index in [4.69, 9.17) is 5.11 Å². The van der Waals surface area contributed by atoms with Crippen molar-refractivity contribution in [1.29, 1.82) is 0 Å². The van der Waals surface area contributed by atoms with E-state index in [0.29, 0.717) is 13.0 Å². The summed E-state index contributed by atoms with van der Waals surface area (Å²) in [6.45, 7) is 2.74. The number of hydrogen-bond acceptors (Lipinski definition) is 3. The number of unbranched alkanes of at least 4 members (excludes halogenated alkanes) is 7. The Bertz CT molecular complexity index is 739. The van der Waals surface area contributed by atoms with Gasteiger partial charge in [0.15, 0.2) is 0 Å². The molecule has 0 aliphatic rings. The zero-order valence-corrected chi connectivity index (χ0v) is 16.2. The number of amides is 1. The number of rotatable bonds is 13. The summed E-state index contributed by atoms with van der Waals surface area (Å²) in [4.78, 5) is 26.9. The molecule has 0 saturated carbocycles. The third-order valence-electron chi connectivity index (χ3n) is 4.65. The minimum atomic E-state index is -0.701. The molecule has 1 amide bonds. The number of aromatic nitrogens is 2. The number of aryl methyl sites for hydroxylation is 1. The van der Waals surface area contributed by atoms with Crippen molar-refractivity contribution in [1.82, 2.24) is 14.7 Å². The lowest BCUT2D eigenvalue weighted by Crippen LogP contribution is -2.26. The van der Waals surface area contributed by atoms with Crippen molar-refractivity contribution in [3.05, 3.63) is 35.8 Å². The fourth-order valence-electron chi connectivity index (χ4n) is 3.14. The van der Waals surface area contributed by atoms with Gasteiger partial charge in [-0.1, -0.05) is 38.5 Å². The second-order valence-corrected chi connectivity index (χ2v) is 7.20. The van der Waals surface area contributed by atoms with Crippen LogP contribution in [0.1, 0.15) is 69.0 Å². The van der Waals surface area contributed by atoms with Gasteiger partial charge >= 0.3 is 5.97 Å². The van der Waals surface area contributed by atoms with E-state index in [2.05, 4.69) is 10.3 Å². The van der Waals surface area contributed by atoms with Crippen LogP contribution >= 0.6 is 0 Å². The number of aliphatic carboxylic acids is 1. The average Bonchev–Trinajstić information content (AvgIpc) is 3.00. The number of pyridine rings is 1. The highest BCUT2D eigenvalue weighted by Gasteiger charge is 2.07. The molecule has 6 nitrogen and oxygen atoms in total. The molecule has 2 rings (SSSR count). The number of hydrogen-bond donors (Lipinski definition) is 2. The summed E-state index contributed by atoms with van der Waals surface area (Å²) >= 11 is 0. The number of carboxylic acids is 1. The molecular weight excluding hydrogens is 342 g/mol. The van der Waals surface area contributed by atoms with Gasteiger partial charge in [-0.05, 0) is 37.5 Å². The van der Waals surface area contributed by atoms with E-state index in [1.165, 1.54) is 19.3 Å². The Labute approximate surface area is 161 Å². The van der Waals surface area contributed by atoms with E-state index < -0.39 is 5.97 Å². The van der Waals surface area contributed by atoms with Crippen LogP contribution in [-0.4, -0.2) is 32.9 Å². The molecule has 0 saturated heterocycles. The van der Waals surface area contributed by atoms with Crippen LogP contribution in [0.4, 0.5) is 0 Å². The molecule has 0 aliphatic carbocycles. The molecule has 2 N–H and O–H groups in total. The van der Waals surface area contributed by atoms with E-state index in [-0.39, 0.29) is 12.3 Å². The number of nitrogens with one attached hydrogen (secondary N) is 1. The Kier molecular flexibility index (Phi) is 8.81. The molecule has 0 spiro atoms. The van der Waals surface area contributed by atoms with E-state index in [1.807, 2.05) is 35.9 Å². The highest BCUT2D eigenvalue weighted by atomic mass is 16.4. The highest BCUT2D eigenvalue weighted by molar-refractivity contribution is 5.78. The fourth-order valence-corrected chi connectivity index (χ4v) is 3.14. The maximum Gasteiger partial charge on any atom is 0.303 e. The molecule has 2 aromatic rings. The maximum absolute atomic E-state index is 12.0. The van der Waals surface area contributed by atoms with E-state index >= 15 is 0 Å². The third-order valence-corrected chi connectivity index (χ3v) is 4.65. The standard InChI is InChI=1S/C21H31N3O3/c1-17-11-13-24-16-18(23-19(24)14-17)15-20(25)22-12-9-7-5-3-2-4-6-8-10-21(26)27/h11,13-14,16H,2-10,12,15H2,1H3,(H,22,25)(H,26,27). The van der Waals surface area contributed by atoms with Crippen molar-refractivity contribution in [3.8, 4) is 0 Å². The predicted octanol–water partition coefficient (Wildman–Crippen LogP) is 3.90. The minimum Gasteiger partial charge on any atom is -0.481 e. The molecule has 148 valence electrons. The first kappa shape index (κ1) is 20.9. The lowest BCUT2D eigenvalue weighted by molar-refractivity contribution is -0.137. The van der Waals surface area contributed by atoms with Crippen molar-refractivity contribution in [2.24, 2.45) is 0 Å². The molecule has 0 bridgehead atoms. The number of carboxylic acid groups (broad SMARTS) is 1. The minimum absolute atomic E-state index is 0.0218. The van der Waals surface area contributed by atoms with Gasteiger partial charge in [0.1, 0.15) is 5.65 Å². The summed E-state index contributed by atoms with van der Waals surface area (Å²) < 4.78 is 1.94. The van der Waals surface area contributed by atoms with Gasteiger partial charge in [-0.15, -0.1) is 0 Å². The molecular formula is C21H31N3O3. The Morgan fingerprint density at radius 1 is 1.07 bits per heavy atom. The fraction of sp³-hybridized carbons (Fsp3) is 0.571. The topological polar surface area (TPSA) is 83.7 Å². The Hall–Kier alpha value is -2.37. The van der Waals surface area contributed by atoms with Crippen LogP contribution in [0, 0.1) is 6.92 Å². The van der Waals surface area contributed by atoms with Crippen LogP contribution in [0.2, 0.25) is 0 Å². The number of carbonyl (C=O) groups is 2. The van der Waals surface area contributed by atoms with E-state index in [9.17, 15) is 9.59 Å². The SMILES string of the molecule is Cc1ccn2cc(CC(=O)NCCCCCCCCCCC(=O)O)nc2c1. The Morgan fingerprint density at radius 3 is 2.44 bits per heavy atom. The van der Waals surface area contributed by atoms with Gasteiger partial charge in [0.25, 0.3) is 0 Å². The second-order valence-electron chi connectivity index (χ2n) is 7.20. The van der Waals surface area contributed by atoms with Gasteiger partial charge in [0.05, 0.1) is 12.1 Å². The van der Waals surface area contributed by atoms with Gasteiger partial charge in [-0.3, -0.25) is 9.59 Å². The molecule has 6 heteroatoms. The molecule has 0 fully saturated rings. The first-order valence-corrected chi connectivity index (χ1v) is 9.97. The van der Waals surface area contributed by atoms with Crippen LogP contribution < -0.4 is 5.32 Å². The summed E-state index contributed by atoms with van der Waals surface area (Å²) in [6.07, 6.45) is 13.0. The zero-order chi connectivity index (χ0) is 19.5. The summed E-state index contributed by atoms with van der Waals surface area (Å²) in [6, 6.07) is 4.03. The van der Waals surface area contributed by atoms with Gasteiger partial charge in [-0.2, -0.15) is 0 Å². The van der Waals surface area contributed by atoms with Crippen molar-refractivity contribution in [2.45, 2.75) is 71.1 Å². The molecule has 0 radical (unpaired) electrons. The molecule has 0 aromatic carbocycles. The second kappa shape index (κ2) is 11.4. The molecule has 0 atom stereocenters. The monoisotopic (exact) mass is 373 g/mol. The van der Waals surface area contributed by atoms with Crippen molar-refractivity contribution in [2.75, 3.05) is 6.54 Å². The normalized spacial score (nSPS) is 11.0. The van der Waals surface area contributed by atoms with Crippen LogP contribution in [-0.2, 0) is 16.0 Å². The molecule has 0 unspecified atom stereocenters. The number of carbonyl (C=O) groups excluding carboxylic acids is 1. The molecule has 0 aliphatic heterocycles. The quantitative estimate of drug-likeness (QED) is 0.522. The Morgan fingerprint density at radius 2 is 1.74 bits per heavy atom. The molecule has 2 heterocycles. The van der Waals surface area contributed by atoms with Crippen molar-refractivity contribution < 1.29 is 14.7 Å². The third kappa shape index (κ3) is 8.24. The maximum atomic E-state index is 12.0. The lowest BCUT2D eigenvalue weighted by Gasteiger charge is -2.04. The largest absolute Gasteiger partial charge is 0.481 e. The smallest absolute Gasteiger partial charge is 0.303 e. The number of fused-ring (bicyclic) bond motifs is 1. The van der Waals surface area contributed by atoms with Crippen LogP contribution in [0.3, 0.4) is 0 Å². The van der Waals surface area contributed by atoms with Crippen LogP contribution in [0.5, 0.6) is 0 Å². The van der Waals surface area contributed by atoms with E-state index in [0.717, 1.165) is 49.0 Å². The first-order chi connectivity index (χ1) is 13.0. The summed E-state index contributed by atoms with van der Waals surface area (Å²) in [5.41, 5.74) is 2.83. The first-order valence-electron chi connectivity index (χ1n) is 9.97. The van der Waals surface area contributed by atoms with Crippen LogP contribution in [0.15, 0.2) is 24.5 Å². The van der Waals surface area contributed by atoms with E-state index in [1.54, 1.807) is 0 Å². The van der Waals surface area contributed by atoms with Crippen molar-refractivity contribution in [3.63, 3.8) is 0 Å². The summed E-state index contributed by atoms with van der Waals surface area (Å²) in [5, 5.41) is 11.5. The number of nitrogens with zero attached hydrogens (tertiary/aromatic N) is 2. The van der Waals surface area contributed by atoms with Gasteiger partial charge < -0.3 is 14.8 Å². The summed E-state index contributed by atoms with van der Waals surface area (Å²) in [5.74, 6) is -0.679. The Balaban J connectivity index is 1.49. The van der Waals surface area contributed by atoms with Gasteiger partial charge in [0, 0.05) is 25.4 Å². The van der Waals surface area contributed by atoms with Crippen LogP contribution in [0.25, 0.3) is 5.65 Å². The lowest BCUT2D eigenvalue weighted by atomic mass is 10.1. The zero-order valence-electron chi connectivity index (χ0n) is 16.2. The predicted molar refractivity (Wildman–Crippen MR) is 106 cm³/mol. The number of imidazole rings is 1. The molecule has 27 heavy (non-hydrogen) atoms. The summed E-state index contributed by atoms with van der Waals surface area (Å²) in [7, 11) is 0.